The standard InChI is InChI=1S/C19H15N3O5/c23-8-7-22-18(10-13(21-22)16-6-3-9-26-16)20-19(25)17-11-14(24)12-4-1-2-5-15(12)27-17/h1-6,9-11,23H,7-8H2,(H,20,25). The molecule has 0 bridgehead atoms. The van der Waals surface area contributed by atoms with Crippen LogP contribution in [0.1, 0.15) is 10.6 Å². The molecule has 0 saturated heterocycles. The summed E-state index contributed by atoms with van der Waals surface area (Å²) in [6.07, 6.45) is 1.52. The van der Waals surface area contributed by atoms with E-state index in [0.717, 1.165) is 6.07 Å². The summed E-state index contributed by atoms with van der Waals surface area (Å²) < 4.78 is 12.3. The highest BCUT2D eigenvalue weighted by Gasteiger charge is 2.17. The van der Waals surface area contributed by atoms with Crippen LogP contribution >= 0.6 is 0 Å². The topological polar surface area (TPSA) is 111 Å². The lowest BCUT2D eigenvalue weighted by Gasteiger charge is -2.07. The van der Waals surface area contributed by atoms with Gasteiger partial charge in [0.2, 0.25) is 0 Å². The van der Waals surface area contributed by atoms with E-state index in [0.29, 0.717) is 28.2 Å². The Balaban J connectivity index is 1.67. The van der Waals surface area contributed by atoms with Gasteiger partial charge in [-0.3, -0.25) is 9.59 Å². The van der Waals surface area contributed by atoms with Gasteiger partial charge in [0, 0.05) is 12.1 Å². The fourth-order valence-corrected chi connectivity index (χ4v) is 2.72. The van der Waals surface area contributed by atoms with Crippen molar-refractivity contribution in [3.63, 3.8) is 0 Å². The minimum Gasteiger partial charge on any atom is -0.463 e. The smallest absolute Gasteiger partial charge is 0.292 e. The number of carbonyl (C=O) groups is 1. The van der Waals surface area contributed by atoms with Crippen LogP contribution in [0.25, 0.3) is 22.4 Å². The van der Waals surface area contributed by atoms with Crippen molar-refractivity contribution in [2.24, 2.45) is 0 Å². The Morgan fingerprint density at radius 1 is 1.19 bits per heavy atom. The van der Waals surface area contributed by atoms with Crippen molar-refractivity contribution in [2.45, 2.75) is 6.54 Å². The van der Waals surface area contributed by atoms with Gasteiger partial charge >= 0.3 is 0 Å². The molecular formula is C19H15N3O5. The second kappa shape index (κ2) is 6.93. The van der Waals surface area contributed by atoms with Crippen LogP contribution in [-0.2, 0) is 6.54 Å². The van der Waals surface area contributed by atoms with Gasteiger partial charge in [0.25, 0.3) is 5.91 Å². The highest BCUT2D eigenvalue weighted by atomic mass is 16.3. The number of para-hydroxylation sites is 1. The van der Waals surface area contributed by atoms with Crippen LogP contribution in [-0.4, -0.2) is 27.4 Å². The van der Waals surface area contributed by atoms with E-state index in [1.54, 1.807) is 42.5 Å². The van der Waals surface area contributed by atoms with Crippen molar-refractivity contribution >= 4 is 22.7 Å². The maximum absolute atomic E-state index is 12.6. The lowest BCUT2D eigenvalue weighted by atomic mass is 10.2. The van der Waals surface area contributed by atoms with Crippen LogP contribution in [0.5, 0.6) is 0 Å². The third-order valence-corrected chi connectivity index (χ3v) is 3.97. The van der Waals surface area contributed by atoms with Crippen molar-refractivity contribution in [1.29, 1.82) is 0 Å². The second-order valence-electron chi connectivity index (χ2n) is 5.76. The highest BCUT2D eigenvalue weighted by molar-refractivity contribution is 6.02. The fourth-order valence-electron chi connectivity index (χ4n) is 2.72. The number of anilines is 1. The Kier molecular flexibility index (Phi) is 4.31. The molecule has 27 heavy (non-hydrogen) atoms. The Morgan fingerprint density at radius 2 is 2.04 bits per heavy atom. The lowest BCUT2D eigenvalue weighted by molar-refractivity contribution is 0.0996. The number of nitrogens with one attached hydrogen (secondary N) is 1. The van der Waals surface area contributed by atoms with Crippen molar-refractivity contribution in [1.82, 2.24) is 9.78 Å². The molecule has 4 aromatic rings. The number of furan rings is 1. The van der Waals surface area contributed by atoms with E-state index in [2.05, 4.69) is 10.4 Å². The van der Waals surface area contributed by atoms with Gasteiger partial charge in [0.1, 0.15) is 17.1 Å². The lowest BCUT2D eigenvalue weighted by Crippen LogP contribution is -2.18. The number of aromatic nitrogens is 2. The Labute approximate surface area is 152 Å². The average Bonchev–Trinajstić information content (AvgIpc) is 3.32. The van der Waals surface area contributed by atoms with Crippen LogP contribution in [0.4, 0.5) is 5.82 Å². The first kappa shape index (κ1) is 16.8. The molecule has 0 aliphatic heterocycles. The SMILES string of the molecule is O=C(Nc1cc(-c2ccco2)nn1CCO)c1cc(=O)c2ccccc2o1. The zero-order valence-electron chi connectivity index (χ0n) is 14.1. The molecular weight excluding hydrogens is 350 g/mol. The summed E-state index contributed by atoms with van der Waals surface area (Å²) in [6.45, 7) is 0.0190. The maximum atomic E-state index is 12.6. The van der Waals surface area contributed by atoms with Crippen molar-refractivity contribution < 1.29 is 18.7 Å². The van der Waals surface area contributed by atoms with Crippen LogP contribution in [0.3, 0.4) is 0 Å². The van der Waals surface area contributed by atoms with Crippen LogP contribution < -0.4 is 10.7 Å². The maximum Gasteiger partial charge on any atom is 0.292 e. The molecule has 136 valence electrons. The number of aliphatic hydroxyl groups excluding tert-OH is 1. The van der Waals surface area contributed by atoms with Gasteiger partial charge in [0.15, 0.2) is 16.9 Å². The summed E-state index contributed by atoms with van der Waals surface area (Å²) in [5, 5.41) is 16.6. The molecule has 0 atom stereocenters. The number of aliphatic hydroxyl groups is 1. The second-order valence-corrected chi connectivity index (χ2v) is 5.76. The summed E-state index contributed by atoms with van der Waals surface area (Å²) in [5.41, 5.74) is 0.529. The molecule has 0 aliphatic carbocycles. The minimum absolute atomic E-state index is 0.116. The predicted molar refractivity (Wildman–Crippen MR) is 97.5 cm³/mol. The van der Waals surface area contributed by atoms with Gasteiger partial charge in [-0.05, 0) is 24.3 Å². The first-order chi connectivity index (χ1) is 13.2. The third-order valence-electron chi connectivity index (χ3n) is 3.97. The molecule has 0 aliphatic rings. The van der Waals surface area contributed by atoms with Crippen molar-refractivity contribution in [2.75, 3.05) is 11.9 Å². The minimum atomic E-state index is -0.595. The number of benzene rings is 1. The molecule has 8 nitrogen and oxygen atoms in total. The van der Waals surface area contributed by atoms with E-state index < -0.39 is 5.91 Å². The average molecular weight is 365 g/mol. The number of amides is 1. The highest BCUT2D eigenvalue weighted by Crippen LogP contribution is 2.23. The van der Waals surface area contributed by atoms with Gasteiger partial charge in [-0.1, -0.05) is 12.1 Å². The summed E-state index contributed by atoms with van der Waals surface area (Å²) in [5.74, 6) is 0.161. The summed E-state index contributed by atoms with van der Waals surface area (Å²) in [4.78, 5) is 24.8. The molecule has 1 amide bonds. The van der Waals surface area contributed by atoms with Gasteiger partial charge in [-0.25, -0.2) is 4.68 Å². The number of carbonyl (C=O) groups excluding carboxylic acids is 1. The molecule has 0 radical (unpaired) electrons. The zero-order chi connectivity index (χ0) is 18.8. The van der Waals surface area contributed by atoms with Crippen LogP contribution in [0.2, 0.25) is 0 Å². The molecule has 3 aromatic heterocycles. The molecule has 8 heteroatoms. The van der Waals surface area contributed by atoms with E-state index in [4.69, 9.17) is 8.83 Å². The van der Waals surface area contributed by atoms with E-state index in [9.17, 15) is 14.7 Å². The normalized spacial score (nSPS) is 11.0. The number of hydrogen-bond acceptors (Lipinski definition) is 6. The Hall–Kier alpha value is -3.65. The van der Waals surface area contributed by atoms with Gasteiger partial charge in [0.05, 0.1) is 24.8 Å². The van der Waals surface area contributed by atoms with E-state index in [-0.39, 0.29) is 24.3 Å². The van der Waals surface area contributed by atoms with Crippen molar-refractivity contribution in [3.8, 4) is 11.5 Å². The van der Waals surface area contributed by atoms with Gasteiger partial charge in [-0.15, -0.1) is 0 Å². The van der Waals surface area contributed by atoms with E-state index in [1.165, 1.54) is 10.9 Å². The molecule has 0 unspecified atom stereocenters. The monoisotopic (exact) mass is 365 g/mol. The van der Waals surface area contributed by atoms with E-state index >= 15 is 0 Å². The number of hydrogen-bond donors (Lipinski definition) is 2. The van der Waals surface area contributed by atoms with Gasteiger partial charge in [-0.2, -0.15) is 5.10 Å². The van der Waals surface area contributed by atoms with Crippen molar-refractivity contribution in [3.05, 3.63) is 70.8 Å². The fraction of sp³-hybridized carbons (Fsp3) is 0.105. The summed E-state index contributed by atoms with van der Waals surface area (Å²) in [6, 6.07) is 12.9. The zero-order valence-corrected chi connectivity index (χ0v) is 14.1. The summed E-state index contributed by atoms with van der Waals surface area (Å²) in [7, 11) is 0. The van der Waals surface area contributed by atoms with Crippen LogP contribution in [0, 0.1) is 0 Å². The largest absolute Gasteiger partial charge is 0.463 e. The predicted octanol–water partition coefficient (Wildman–Crippen LogP) is 2.49. The first-order valence-electron chi connectivity index (χ1n) is 8.22. The quantitative estimate of drug-likeness (QED) is 0.562. The Bertz CT molecular complexity index is 1160. The molecule has 1 aromatic carbocycles. The molecule has 0 fully saturated rings. The molecule has 2 N–H and O–H groups in total. The molecule has 3 heterocycles. The molecule has 0 spiro atoms. The first-order valence-corrected chi connectivity index (χ1v) is 8.22. The number of rotatable bonds is 5. The number of fused-ring (bicyclic) bond motifs is 1. The summed E-state index contributed by atoms with van der Waals surface area (Å²) >= 11 is 0. The van der Waals surface area contributed by atoms with Gasteiger partial charge < -0.3 is 19.3 Å². The van der Waals surface area contributed by atoms with Crippen LogP contribution in [0.15, 0.2) is 68.4 Å². The third kappa shape index (κ3) is 3.25. The number of nitrogens with zero attached hydrogens (tertiary/aromatic N) is 2. The Morgan fingerprint density at radius 3 is 2.81 bits per heavy atom. The van der Waals surface area contributed by atoms with E-state index in [1.807, 2.05) is 0 Å². The molecule has 4 rings (SSSR count). The molecule has 0 saturated carbocycles.